The molecule has 0 radical (unpaired) electrons. The maximum absolute atomic E-state index is 12.8. The van der Waals surface area contributed by atoms with E-state index >= 15 is 0 Å². The highest BCUT2D eigenvalue weighted by molar-refractivity contribution is 6.10. The molecule has 0 spiro atoms. The van der Waals surface area contributed by atoms with Gasteiger partial charge in [0.25, 0.3) is 5.91 Å². The molecule has 1 aliphatic heterocycles. The molecule has 1 saturated heterocycles. The third kappa shape index (κ3) is 5.88. The number of benzene rings is 2. The van der Waals surface area contributed by atoms with Crippen LogP contribution in [0.1, 0.15) is 12.5 Å². The Morgan fingerprint density at radius 2 is 1.38 bits per heavy atom. The summed E-state index contributed by atoms with van der Waals surface area (Å²) in [5.74, 6) is -2.71. The summed E-state index contributed by atoms with van der Waals surface area (Å²) >= 11 is 0. The van der Waals surface area contributed by atoms with Gasteiger partial charge in [-0.25, -0.2) is 4.79 Å². The van der Waals surface area contributed by atoms with E-state index in [9.17, 15) is 40.7 Å². The van der Waals surface area contributed by atoms with Crippen molar-refractivity contribution in [2.45, 2.75) is 25.2 Å². The Bertz CT molecular complexity index is 1090. The molecule has 0 aromatic heterocycles. The summed E-state index contributed by atoms with van der Waals surface area (Å²) in [6, 6.07) is 7.50. The molecule has 0 saturated carbocycles. The van der Waals surface area contributed by atoms with E-state index in [0.717, 1.165) is 48.5 Å². The summed E-state index contributed by atoms with van der Waals surface area (Å²) in [6.45, 7) is 0.584. The second-order valence-electron chi connectivity index (χ2n) is 7.14. The van der Waals surface area contributed by atoms with Gasteiger partial charge in [0.05, 0.1) is 0 Å². The maximum Gasteiger partial charge on any atom is 0.573 e. The molecule has 182 valence electrons. The zero-order valence-electron chi connectivity index (χ0n) is 17.1. The molecule has 1 atom stereocenters. The molecule has 1 heterocycles. The third-order valence-electron chi connectivity index (χ3n) is 4.61. The molecule has 2 aromatic carbocycles. The van der Waals surface area contributed by atoms with Gasteiger partial charge in [0.1, 0.15) is 23.6 Å². The number of carbonyl (C=O) groups excluding carboxylic acids is 3. The van der Waals surface area contributed by atoms with Crippen LogP contribution in [0.2, 0.25) is 0 Å². The van der Waals surface area contributed by atoms with Crippen molar-refractivity contribution in [3.63, 3.8) is 0 Å². The average Bonchev–Trinajstić information content (AvgIpc) is 2.91. The second kappa shape index (κ2) is 8.76. The zero-order chi connectivity index (χ0) is 25.3. The monoisotopic (exact) mass is 491 g/mol. The van der Waals surface area contributed by atoms with Crippen molar-refractivity contribution < 1.29 is 50.2 Å². The Morgan fingerprint density at radius 1 is 0.912 bits per heavy atom. The smallest absolute Gasteiger partial charge is 0.406 e. The van der Waals surface area contributed by atoms with Gasteiger partial charge in [0.2, 0.25) is 5.91 Å². The molecule has 2 aromatic rings. The number of nitrogens with zero attached hydrogens (tertiary/aromatic N) is 1. The Labute approximate surface area is 187 Å². The SMILES string of the molecule is CC1(c2ccc(OC(F)(F)F)cc2)NC(=O)N(CC(=O)Nc2ccc(OC(F)(F)F)cc2)C1=O. The summed E-state index contributed by atoms with van der Waals surface area (Å²) in [6.07, 6.45) is -9.79. The number of urea groups is 1. The summed E-state index contributed by atoms with van der Waals surface area (Å²) in [4.78, 5) is 38.0. The number of ether oxygens (including phenoxy) is 2. The summed E-state index contributed by atoms with van der Waals surface area (Å²) in [5.41, 5.74) is -1.44. The standard InChI is InChI=1S/C20H15F6N3O5/c1-18(11-2-6-13(7-3-11)33-19(21,22)23)16(31)29(17(32)28-18)10-15(30)27-12-4-8-14(9-5-12)34-20(24,25)26/h2-9H,10H2,1H3,(H,27,30)(H,28,32). The van der Waals surface area contributed by atoms with Gasteiger partial charge in [-0.2, -0.15) is 0 Å². The topological polar surface area (TPSA) is 97.0 Å². The predicted molar refractivity (Wildman–Crippen MR) is 102 cm³/mol. The number of anilines is 1. The number of alkyl halides is 6. The lowest BCUT2D eigenvalue weighted by Crippen LogP contribution is -2.42. The number of nitrogens with one attached hydrogen (secondary N) is 2. The van der Waals surface area contributed by atoms with Crippen LogP contribution in [0.5, 0.6) is 11.5 Å². The first-order valence-corrected chi connectivity index (χ1v) is 9.32. The van der Waals surface area contributed by atoms with E-state index in [1.54, 1.807) is 0 Å². The lowest BCUT2D eigenvalue weighted by atomic mass is 9.92. The first-order chi connectivity index (χ1) is 15.7. The molecule has 1 fully saturated rings. The van der Waals surface area contributed by atoms with E-state index in [1.807, 2.05) is 0 Å². The summed E-state index contributed by atoms with van der Waals surface area (Å²) in [7, 11) is 0. The number of imide groups is 1. The summed E-state index contributed by atoms with van der Waals surface area (Å²) < 4.78 is 81.0. The lowest BCUT2D eigenvalue weighted by molar-refractivity contribution is -0.275. The fourth-order valence-electron chi connectivity index (χ4n) is 3.11. The van der Waals surface area contributed by atoms with E-state index in [4.69, 9.17) is 0 Å². The van der Waals surface area contributed by atoms with Gasteiger partial charge in [-0.3, -0.25) is 14.5 Å². The molecule has 0 bridgehead atoms. The number of hydrogen-bond donors (Lipinski definition) is 2. The quantitative estimate of drug-likeness (QED) is 0.472. The number of amides is 4. The van der Waals surface area contributed by atoms with Gasteiger partial charge >= 0.3 is 18.8 Å². The second-order valence-corrected chi connectivity index (χ2v) is 7.14. The van der Waals surface area contributed by atoms with Crippen LogP contribution in [0.4, 0.5) is 36.8 Å². The van der Waals surface area contributed by atoms with Gasteiger partial charge < -0.3 is 20.1 Å². The molecule has 1 aliphatic rings. The number of hydrogen-bond acceptors (Lipinski definition) is 5. The number of carbonyl (C=O) groups is 3. The minimum Gasteiger partial charge on any atom is -0.406 e. The first kappa shape index (κ1) is 24.7. The Balaban J connectivity index is 1.65. The average molecular weight is 491 g/mol. The predicted octanol–water partition coefficient (Wildman–Crippen LogP) is 3.89. The van der Waals surface area contributed by atoms with E-state index in [-0.39, 0.29) is 11.3 Å². The van der Waals surface area contributed by atoms with Crippen molar-refractivity contribution >= 4 is 23.5 Å². The Kier molecular flexibility index (Phi) is 6.35. The minimum absolute atomic E-state index is 0.0783. The van der Waals surface area contributed by atoms with Gasteiger partial charge in [-0.1, -0.05) is 12.1 Å². The van der Waals surface area contributed by atoms with Crippen molar-refractivity contribution in [1.82, 2.24) is 10.2 Å². The molecular weight excluding hydrogens is 476 g/mol. The Hall–Kier alpha value is -3.97. The van der Waals surface area contributed by atoms with Crippen LogP contribution in [-0.2, 0) is 15.1 Å². The summed E-state index contributed by atoms with van der Waals surface area (Å²) in [5, 5.41) is 4.71. The van der Waals surface area contributed by atoms with Crippen molar-refractivity contribution in [3.05, 3.63) is 54.1 Å². The van der Waals surface area contributed by atoms with Gasteiger partial charge in [0, 0.05) is 5.69 Å². The third-order valence-corrected chi connectivity index (χ3v) is 4.61. The van der Waals surface area contributed by atoms with E-state index in [1.165, 1.54) is 6.92 Å². The Morgan fingerprint density at radius 3 is 1.85 bits per heavy atom. The highest BCUT2D eigenvalue weighted by Crippen LogP contribution is 2.31. The fraction of sp³-hybridized carbons (Fsp3) is 0.250. The molecule has 2 N–H and O–H groups in total. The van der Waals surface area contributed by atoms with E-state index < -0.39 is 54.2 Å². The van der Waals surface area contributed by atoms with Crippen LogP contribution in [0, 0.1) is 0 Å². The molecule has 8 nitrogen and oxygen atoms in total. The van der Waals surface area contributed by atoms with Crippen LogP contribution >= 0.6 is 0 Å². The molecule has 0 aliphatic carbocycles. The molecule has 3 rings (SSSR count). The van der Waals surface area contributed by atoms with Crippen LogP contribution in [0.3, 0.4) is 0 Å². The zero-order valence-corrected chi connectivity index (χ0v) is 17.1. The minimum atomic E-state index is -4.90. The first-order valence-electron chi connectivity index (χ1n) is 9.32. The van der Waals surface area contributed by atoms with Gasteiger partial charge in [-0.05, 0) is 48.9 Å². The largest absolute Gasteiger partial charge is 0.573 e. The van der Waals surface area contributed by atoms with Crippen LogP contribution < -0.4 is 20.1 Å². The number of rotatable bonds is 6. The van der Waals surface area contributed by atoms with Crippen LogP contribution in [0.25, 0.3) is 0 Å². The fourth-order valence-corrected chi connectivity index (χ4v) is 3.11. The maximum atomic E-state index is 12.8. The highest BCUT2D eigenvalue weighted by atomic mass is 19.4. The molecule has 34 heavy (non-hydrogen) atoms. The lowest BCUT2D eigenvalue weighted by Gasteiger charge is -2.22. The molecule has 4 amide bonds. The van der Waals surface area contributed by atoms with Gasteiger partial charge in [0.15, 0.2) is 0 Å². The van der Waals surface area contributed by atoms with Crippen molar-refractivity contribution in [2.24, 2.45) is 0 Å². The molecule has 1 unspecified atom stereocenters. The highest BCUT2D eigenvalue weighted by Gasteiger charge is 2.49. The van der Waals surface area contributed by atoms with Gasteiger partial charge in [-0.15, -0.1) is 26.3 Å². The normalized spacial score (nSPS) is 18.5. The van der Waals surface area contributed by atoms with Crippen molar-refractivity contribution in [1.29, 1.82) is 0 Å². The number of halogens is 6. The van der Waals surface area contributed by atoms with Crippen molar-refractivity contribution in [3.8, 4) is 11.5 Å². The van der Waals surface area contributed by atoms with E-state index in [0.29, 0.717) is 4.90 Å². The van der Waals surface area contributed by atoms with Crippen LogP contribution in [-0.4, -0.2) is 42.0 Å². The van der Waals surface area contributed by atoms with Crippen molar-refractivity contribution in [2.75, 3.05) is 11.9 Å². The van der Waals surface area contributed by atoms with E-state index in [2.05, 4.69) is 20.1 Å². The molecule has 14 heteroatoms. The van der Waals surface area contributed by atoms with Crippen LogP contribution in [0.15, 0.2) is 48.5 Å². The molecular formula is C20H15F6N3O5.